The summed E-state index contributed by atoms with van der Waals surface area (Å²) < 4.78 is 0. The van der Waals surface area contributed by atoms with Gasteiger partial charge in [-0.2, -0.15) is 0 Å². The molecule has 0 unspecified atom stereocenters. The molecule has 0 atom stereocenters. The molecule has 0 aromatic carbocycles. The molecule has 108 valence electrons. The van der Waals surface area contributed by atoms with Crippen LogP contribution in [0.3, 0.4) is 0 Å². The molecule has 1 fully saturated rings. The molecule has 0 bridgehead atoms. The van der Waals surface area contributed by atoms with Crippen molar-refractivity contribution >= 4 is 12.0 Å². The summed E-state index contributed by atoms with van der Waals surface area (Å²) in [6.45, 7) is 0.286. The smallest absolute Gasteiger partial charge is 0.244 e. The predicted octanol–water partition coefficient (Wildman–Crippen LogP) is 1.61. The van der Waals surface area contributed by atoms with E-state index in [4.69, 9.17) is 0 Å². The lowest BCUT2D eigenvalue weighted by molar-refractivity contribution is -0.118. The van der Waals surface area contributed by atoms with Crippen molar-refractivity contribution in [2.75, 3.05) is 6.54 Å². The molecule has 2 rings (SSSR count). The molecule has 0 radical (unpaired) electrons. The number of nitrogens with zero attached hydrogens (tertiary/aromatic N) is 1. The van der Waals surface area contributed by atoms with Gasteiger partial charge in [0.2, 0.25) is 5.91 Å². The second kappa shape index (κ2) is 6.52. The van der Waals surface area contributed by atoms with E-state index in [2.05, 4.69) is 10.3 Å². The van der Waals surface area contributed by atoms with Gasteiger partial charge < -0.3 is 15.5 Å². The van der Waals surface area contributed by atoms with E-state index in [0.717, 1.165) is 32.1 Å². The van der Waals surface area contributed by atoms with Crippen LogP contribution in [0.1, 0.15) is 37.7 Å². The average Bonchev–Trinajstić information content (AvgIpc) is 2.44. The van der Waals surface area contributed by atoms with Gasteiger partial charge in [0, 0.05) is 18.8 Å². The largest absolute Gasteiger partial charge is 0.506 e. The Morgan fingerprint density at radius 3 is 2.80 bits per heavy atom. The average molecular weight is 276 g/mol. The van der Waals surface area contributed by atoms with E-state index in [-0.39, 0.29) is 18.2 Å². The minimum absolute atomic E-state index is 0.0593. The van der Waals surface area contributed by atoms with Gasteiger partial charge in [-0.15, -0.1) is 0 Å². The molecule has 0 saturated heterocycles. The Bertz CT molecular complexity index is 494. The Kier molecular flexibility index (Phi) is 4.74. The van der Waals surface area contributed by atoms with Crippen LogP contribution in [0, 0.1) is 0 Å². The molecule has 20 heavy (non-hydrogen) atoms. The fourth-order valence-electron chi connectivity index (χ4n) is 2.41. The topological polar surface area (TPSA) is 82.5 Å². The van der Waals surface area contributed by atoms with Crippen molar-refractivity contribution in [1.29, 1.82) is 0 Å². The second-order valence-corrected chi connectivity index (χ2v) is 5.31. The zero-order chi connectivity index (χ0) is 14.4. The van der Waals surface area contributed by atoms with Crippen molar-refractivity contribution in [3.8, 4) is 5.75 Å². The van der Waals surface area contributed by atoms with Crippen LogP contribution in [0.5, 0.6) is 5.75 Å². The first-order valence-electron chi connectivity index (χ1n) is 6.90. The van der Waals surface area contributed by atoms with Crippen LogP contribution in [-0.2, 0) is 4.79 Å². The van der Waals surface area contributed by atoms with Gasteiger partial charge in [0.15, 0.2) is 0 Å². The molecule has 5 heteroatoms. The van der Waals surface area contributed by atoms with Crippen molar-refractivity contribution < 1.29 is 15.0 Å². The summed E-state index contributed by atoms with van der Waals surface area (Å²) in [5.74, 6) is -0.198. The number of amides is 1. The number of carbonyl (C=O) groups is 1. The van der Waals surface area contributed by atoms with Crippen molar-refractivity contribution in [2.45, 2.75) is 37.7 Å². The minimum atomic E-state index is -0.756. The Morgan fingerprint density at radius 1 is 1.35 bits per heavy atom. The minimum Gasteiger partial charge on any atom is -0.506 e. The molecular weight excluding hydrogens is 256 g/mol. The molecular formula is C15H20N2O3. The molecule has 1 saturated carbocycles. The third-order valence-electron chi connectivity index (χ3n) is 3.55. The summed E-state index contributed by atoms with van der Waals surface area (Å²) in [7, 11) is 0. The number of aromatic hydroxyl groups is 1. The number of aliphatic hydroxyl groups is 1. The summed E-state index contributed by atoms with van der Waals surface area (Å²) in [6.07, 6.45) is 10.5. The number of aromatic nitrogens is 1. The van der Waals surface area contributed by atoms with E-state index in [9.17, 15) is 15.0 Å². The Labute approximate surface area is 118 Å². The molecule has 5 nitrogen and oxygen atoms in total. The SMILES string of the molecule is O=C(/C=C/c1cncc(O)c1)NCC1(O)CCCCC1. The fourth-order valence-corrected chi connectivity index (χ4v) is 2.41. The van der Waals surface area contributed by atoms with Gasteiger partial charge >= 0.3 is 0 Å². The number of hydrogen-bond acceptors (Lipinski definition) is 4. The summed E-state index contributed by atoms with van der Waals surface area (Å²) in [4.78, 5) is 15.5. The van der Waals surface area contributed by atoms with Crippen LogP contribution in [0.4, 0.5) is 0 Å². The van der Waals surface area contributed by atoms with E-state index < -0.39 is 5.60 Å². The van der Waals surface area contributed by atoms with Gasteiger partial charge in [-0.05, 0) is 30.5 Å². The first-order valence-corrected chi connectivity index (χ1v) is 6.90. The summed E-state index contributed by atoms with van der Waals surface area (Å²) >= 11 is 0. The number of nitrogens with one attached hydrogen (secondary N) is 1. The summed E-state index contributed by atoms with van der Waals surface area (Å²) in [5, 5.41) is 22.2. The van der Waals surface area contributed by atoms with Crippen LogP contribution in [0.2, 0.25) is 0 Å². The number of hydrogen-bond donors (Lipinski definition) is 3. The lowest BCUT2D eigenvalue weighted by atomic mass is 9.85. The van der Waals surface area contributed by atoms with Gasteiger partial charge in [-0.3, -0.25) is 9.78 Å². The lowest BCUT2D eigenvalue weighted by Gasteiger charge is -2.31. The van der Waals surface area contributed by atoms with E-state index in [0.29, 0.717) is 5.56 Å². The van der Waals surface area contributed by atoms with Gasteiger partial charge in [-0.1, -0.05) is 19.3 Å². The number of rotatable bonds is 4. The normalized spacial score (nSPS) is 18.1. The van der Waals surface area contributed by atoms with Crippen LogP contribution in [0.15, 0.2) is 24.5 Å². The highest BCUT2D eigenvalue weighted by Gasteiger charge is 2.29. The van der Waals surface area contributed by atoms with Crippen molar-refractivity contribution in [3.05, 3.63) is 30.1 Å². The van der Waals surface area contributed by atoms with Crippen molar-refractivity contribution in [3.63, 3.8) is 0 Å². The van der Waals surface area contributed by atoms with Gasteiger partial charge in [0.25, 0.3) is 0 Å². The maximum absolute atomic E-state index is 11.7. The number of pyridine rings is 1. The highest BCUT2D eigenvalue weighted by molar-refractivity contribution is 5.91. The van der Waals surface area contributed by atoms with Crippen LogP contribution < -0.4 is 5.32 Å². The third-order valence-corrected chi connectivity index (χ3v) is 3.55. The maximum atomic E-state index is 11.7. The first kappa shape index (κ1) is 14.5. The van der Waals surface area contributed by atoms with E-state index in [1.807, 2.05) is 0 Å². The molecule has 1 aromatic heterocycles. The fraction of sp³-hybridized carbons (Fsp3) is 0.467. The number of carbonyl (C=O) groups excluding carboxylic acids is 1. The predicted molar refractivity (Wildman–Crippen MR) is 76.0 cm³/mol. The van der Waals surface area contributed by atoms with E-state index >= 15 is 0 Å². The van der Waals surface area contributed by atoms with E-state index in [1.54, 1.807) is 12.3 Å². The quantitative estimate of drug-likeness (QED) is 0.730. The first-order chi connectivity index (χ1) is 9.57. The standard InChI is InChI=1S/C15H20N2O3/c18-13-8-12(9-16-10-13)4-5-14(19)17-11-15(20)6-2-1-3-7-15/h4-5,8-10,18,20H,1-3,6-7,11H2,(H,17,19)/b5-4+. The molecule has 1 aliphatic rings. The molecule has 1 amide bonds. The van der Waals surface area contributed by atoms with Crippen molar-refractivity contribution in [1.82, 2.24) is 10.3 Å². The maximum Gasteiger partial charge on any atom is 0.244 e. The summed E-state index contributed by atoms with van der Waals surface area (Å²) in [5.41, 5.74) is -0.106. The Morgan fingerprint density at radius 2 is 2.10 bits per heavy atom. The van der Waals surface area contributed by atoms with Gasteiger partial charge in [-0.25, -0.2) is 0 Å². The highest BCUT2D eigenvalue weighted by atomic mass is 16.3. The molecule has 0 aliphatic heterocycles. The lowest BCUT2D eigenvalue weighted by Crippen LogP contribution is -2.43. The molecule has 1 heterocycles. The van der Waals surface area contributed by atoms with Crippen LogP contribution in [0.25, 0.3) is 6.08 Å². The van der Waals surface area contributed by atoms with Crippen LogP contribution >= 0.6 is 0 Å². The van der Waals surface area contributed by atoms with Crippen molar-refractivity contribution in [2.24, 2.45) is 0 Å². The molecule has 0 spiro atoms. The molecule has 3 N–H and O–H groups in total. The highest BCUT2D eigenvalue weighted by Crippen LogP contribution is 2.27. The zero-order valence-electron chi connectivity index (χ0n) is 11.4. The molecule has 1 aliphatic carbocycles. The Balaban J connectivity index is 1.83. The second-order valence-electron chi connectivity index (χ2n) is 5.31. The monoisotopic (exact) mass is 276 g/mol. The summed E-state index contributed by atoms with van der Waals surface area (Å²) in [6, 6.07) is 1.52. The van der Waals surface area contributed by atoms with Crippen LogP contribution in [-0.4, -0.2) is 33.3 Å². The molecule has 1 aromatic rings. The van der Waals surface area contributed by atoms with Gasteiger partial charge in [0.05, 0.1) is 11.8 Å². The van der Waals surface area contributed by atoms with E-state index in [1.165, 1.54) is 18.3 Å². The zero-order valence-corrected chi connectivity index (χ0v) is 11.4. The third kappa shape index (κ3) is 4.35. The Hall–Kier alpha value is -1.88. The van der Waals surface area contributed by atoms with Gasteiger partial charge in [0.1, 0.15) is 5.75 Å².